The first-order valence-electron chi connectivity index (χ1n) is 9.37. The van der Waals surface area contributed by atoms with Crippen LogP contribution in [0.25, 0.3) is 0 Å². The van der Waals surface area contributed by atoms with Crippen molar-refractivity contribution >= 4 is 46.4 Å². The third kappa shape index (κ3) is 5.75. The van der Waals surface area contributed by atoms with Crippen molar-refractivity contribution in [3.05, 3.63) is 87.9 Å². The van der Waals surface area contributed by atoms with Crippen LogP contribution in [0.4, 0.5) is 11.4 Å². The fourth-order valence-corrected chi connectivity index (χ4v) is 3.15. The standard InChI is InChI=1S/C23H20Cl2N2O3/c1-2-12-30-19-5-3-4-15(13-19)22(28)26-17-7-9-18(10-8-17)27-23(29)20-11-6-16(24)14-21(20)25/h3-11,13-14H,2,12H2,1H3,(H,26,28)(H,27,29). The largest absolute Gasteiger partial charge is 0.494 e. The third-order valence-corrected chi connectivity index (χ3v) is 4.69. The lowest BCUT2D eigenvalue weighted by atomic mass is 10.2. The number of carbonyl (C=O) groups excluding carboxylic acids is 2. The van der Waals surface area contributed by atoms with E-state index in [2.05, 4.69) is 10.6 Å². The highest BCUT2D eigenvalue weighted by molar-refractivity contribution is 6.37. The van der Waals surface area contributed by atoms with Crippen molar-refractivity contribution in [1.29, 1.82) is 0 Å². The first kappa shape index (κ1) is 21.7. The summed E-state index contributed by atoms with van der Waals surface area (Å²) in [6.07, 6.45) is 0.892. The number of amides is 2. The predicted octanol–water partition coefficient (Wildman–Crippen LogP) is 6.29. The number of nitrogens with one attached hydrogen (secondary N) is 2. The lowest BCUT2D eigenvalue weighted by molar-refractivity contribution is 0.101. The van der Waals surface area contributed by atoms with Crippen molar-refractivity contribution in [3.63, 3.8) is 0 Å². The molecule has 5 nitrogen and oxygen atoms in total. The van der Waals surface area contributed by atoms with Crippen molar-refractivity contribution in [2.45, 2.75) is 13.3 Å². The normalized spacial score (nSPS) is 10.4. The van der Waals surface area contributed by atoms with Crippen LogP contribution in [0, 0.1) is 0 Å². The van der Waals surface area contributed by atoms with Crippen LogP contribution in [0.1, 0.15) is 34.1 Å². The van der Waals surface area contributed by atoms with E-state index in [1.165, 1.54) is 6.07 Å². The van der Waals surface area contributed by atoms with Crippen LogP contribution >= 0.6 is 23.2 Å². The van der Waals surface area contributed by atoms with Gasteiger partial charge in [-0.15, -0.1) is 0 Å². The van der Waals surface area contributed by atoms with Crippen LogP contribution < -0.4 is 15.4 Å². The minimum absolute atomic E-state index is 0.248. The molecule has 0 saturated heterocycles. The molecule has 0 unspecified atom stereocenters. The van der Waals surface area contributed by atoms with Gasteiger partial charge in [0.2, 0.25) is 0 Å². The maximum absolute atomic E-state index is 12.5. The fraction of sp³-hybridized carbons (Fsp3) is 0.130. The van der Waals surface area contributed by atoms with Gasteiger partial charge in [0.1, 0.15) is 5.75 Å². The zero-order valence-electron chi connectivity index (χ0n) is 16.2. The summed E-state index contributed by atoms with van der Waals surface area (Å²) >= 11 is 11.9. The summed E-state index contributed by atoms with van der Waals surface area (Å²) in [5, 5.41) is 6.32. The van der Waals surface area contributed by atoms with Gasteiger partial charge in [-0.3, -0.25) is 9.59 Å². The van der Waals surface area contributed by atoms with E-state index in [-0.39, 0.29) is 16.8 Å². The molecular weight excluding hydrogens is 423 g/mol. The van der Waals surface area contributed by atoms with Gasteiger partial charge in [-0.2, -0.15) is 0 Å². The number of hydrogen-bond donors (Lipinski definition) is 2. The second-order valence-electron chi connectivity index (χ2n) is 6.49. The highest BCUT2D eigenvalue weighted by Crippen LogP contribution is 2.23. The smallest absolute Gasteiger partial charge is 0.257 e. The molecule has 0 aliphatic heterocycles. The molecule has 0 aromatic heterocycles. The van der Waals surface area contributed by atoms with Gasteiger partial charge in [-0.05, 0) is 67.1 Å². The number of anilines is 2. The van der Waals surface area contributed by atoms with Gasteiger partial charge in [-0.25, -0.2) is 0 Å². The Morgan fingerprint density at radius 3 is 2.17 bits per heavy atom. The fourth-order valence-electron chi connectivity index (χ4n) is 2.66. The third-order valence-electron chi connectivity index (χ3n) is 4.15. The van der Waals surface area contributed by atoms with Gasteiger partial charge in [0.15, 0.2) is 0 Å². The molecule has 2 N–H and O–H groups in total. The van der Waals surface area contributed by atoms with Crippen molar-refractivity contribution in [2.24, 2.45) is 0 Å². The molecule has 3 rings (SSSR count). The summed E-state index contributed by atoms with van der Waals surface area (Å²) in [5.74, 6) is 0.0578. The number of carbonyl (C=O) groups is 2. The monoisotopic (exact) mass is 442 g/mol. The van der Waals surface area contributed by atoms with Crippen LogP contribution in [0.15, 0.2) is 66.7 Å². The molecule has 0 saturated carbocycles. The first-order valence-corrected chi connectivity index (χ1v) is 10.1. The van der Waals surface area contributed by atoms with Crippen LogP contribution in [0.2, 0.25) is 10.0 Å². The molecule has 0 aliphatic carbocycles. The Morgan fingerprint density at radius 1 is 0.867 bits per heavy atom. The molecule has 0 fully saturated rings. The Labute approximate surface area is 185 Å². The maximum Gasteiger partial charge on any atom is 0.257 e. The van der Waals surface area contributed by atoms with Gasteiger partial charge in [0.05, 0.1) is 17.2 Å². The van der Waals surface area contributed by atoms with E-state index in [0.29, 0.717) is 39.9 Å². The van der Waals surface area contributed by atoms with Crippen LogP contribution in [0.5, 0.6) is 5.75 Å². The Bertz CT molecular complexity index is 1050. The van der Waals surface area contributed by atoms with Gasteiger partial charge in [-0.1, -0.05) is 36.2 Å². The van der Waals surface area contributed by atoms with E-state index in [4.69, 9.17) is 27.9 Å². The summed E-state index contributed by atoms with van der Waals surface area (Å²) in [6, 6.07) is 18.5. The maximum atomic E-state index is 12.5. The molecule has 0 spiro atoms. The molecule has 0 atom stereocenters. The molecule has 0 bridgehead atoms. The average molecular weight is 443 g/mol. The first-order chi connectivity index (χ1) is 14.5. The molecule has 7 heteroatoms. The second-order valence-corrected chi connectivity index (χ2v) is 7.33. The Balaban J connectivity index is 1.63. The molecule has 30 heavy (non-hydrogen) atoms. The molecule has 154 valence electrons. The molecular formula is C23H20Cl2N2O3. The van der Waals surface area contributed by atoms with Crippen LogP contribution in [-0.4, -0.2) is 18.4 Å². The quantitative estimate of drug-likeness (QED) is 0.451. The summed E-state index contributed by atoms with van der Waals surface area (Å²) in [5.41, 5.74) is 1.99. The predicted molar refractivity (Wildman–Crippen MR) is 121 cm³/mol. The minimum Gasteiger partial charge on any atom is -0.494 e. The van der Waals surface area contributed by atoms with E-state index in [0.717, 1.165) is 6.42 Å². The zero-order valence-corrected chi connectivity index (χ0v) is 17.8. The van der Waals surface area contributed by atoms with E-state index in [1.807, 2.05) is 13.0 Å². The van der Waals surface area contributed by atoms with Crippen molar-refractivity contribution < 1.29 is 14.3 Å². The summed E-state index contributed by atoms with van der Waals surface area (Å²) in [7, 11) is 0. The van der Waals surface area contributed by atoms with E-state index in [1.54, 1.807) is 54.6 Å². The zero-order chi connectivity index (χ0) is 21.5. The molecule has 3 aromatic rings. The summed E-state index contributed by atoms with van der Waals surface area (Å²) < 4.78 is 5.56. The Kier molecular flexibility index (Phi) is 7.33. The Hall–Kier alpha value is -3.02. The highest BCUT2D eigenvalue weighted by atomic mass is 35.5. The van der Waals surface area contributed by atoms with Gasteiger partial charge < -0.3 is 15.4 Å². The molecule has 0 radical (unpaired) electrons. The average Bonchev–Trinajstić information content (AvgIpc) is 2.73. The summed E-state index contributed by atoms with van der Waals surface area (Å²) in [6.45, 7) is 2.62. The molecule has 2 amide bonds. The number of rotatable bonds is 7. The number of hydrogen-bond acceptors (Lipinski definition) is 3. The van der Waals surface area contributed by atoms with Crippen molar-refractivity contribution in [1.82, 2.24) is 0 Å². The topological polar surface area (TPSA) is 67.4 Å². The number of halogens is 2. The van der Waals surface area contributed by atoms with Crippen LogP contribution in [0.3, 0.4) is 0 Å². The van der Waals surface area contributed by atoms with Gasteiger partial charge >= 0.3 is 0 Å². The molecule has 0 aliphatic rings. The lowest BCUT2D eigenvalue weighted by Crippen LogP contribution is -2.13. The van der Waals surface area contributed by atoms with E-state index < -0.39 is 0 Å². The highest BCUT2D eigenvalue weighted by Gasteiger charge is 2.12. The molecule has 0 heterocycles. The Morgan fingerprint density at radius 2 is 1.53 bits per heavy atom. The van der Waals surface area contributed by atoms with Crippen LogP contribution in [-0.2, 0) is 0 Å². The minimum atomic E-state index is -0.350. The van der Waals surface area contributed by atoms with Gasteiger partial charge in [0.25, 0.3) is 11.8 Å². The number of ether oxygens (including phenoxy) is 1. The molecule has 3 aromatic carbocycles. The second kappa shape index (κ2) is 10.1. The SMILES string of the molecule is CCCOc1cccc(C(=O)Nc2ccc(NC(=O)c3ccc(Cl)cc3Cl)cc2)c1. The number of benzene rings is 3. The van der Waals surface area contributed by atoms with Crippen molar-refractivity contribution in [2.75, 3.05) is 17.2 Å². The summed E-state index contributed by atoms with van der Waals surface area (Å²) in [4.78, 5) is 24.9. The van der Waals surface area contributed by atoms with Crippen molar-refractivity contribution in [3.8, 4) is 5.75 Å². The van der Waals surface area contributed by atoms with Gasteiger partial charge in [0, 0.05) is 22.0 Å². The lowest BCUT2D eigenvalue weighted by Gasteiger charge is -2.10. The van der Waals surface area contributed by atoms with E-state index >= 15 is 0 Å². The van der Waals surface area contributed by atoms with E-state index in [9.17, 15) is 9.59 Å².